The fourth-order valence-electron chi connectivity index (χ4n) is 2.90. The number of benzene rings is 1. The Bertz CT molecular complexity index is 750. The zero-order valence-corrected chi connectivity index (χ0v) is 15.4. The van der Waals surface area contributed by atoms with Crippen LogP contribution in [-0.2, 0) is 9.53 Å². The van der Waals surface area contributed by atoms with Crippen LogP contribution in [0.2, 0.25) is 5.02 Å². The topological polar surface area (TPSA) is 79.4 Å². The second-order valence-electron chi connectivity index (χ2n) is 6.11. The predicted molar refractivity (Wildman–Crippen MR) is 102 cm³/mol. The lowest BCUT2D eigenvalue weighted by atomic mass is 10.1. The van der Waals surface area contributed by atoms with Crippen molar-refractivity contribution in [3.63, 3.8) is 0 Å². The summed E-state index contributed by atoms with van der Waals surface area (Å²) in [4.78, 5) is 22.7. The van der Waals surface area contributed by atoms with Crippen molar-refractivity contribution in [3.05, 3.63) is 41.6 Å². The molecule has 8 heteroatoms. The van der Waals surface area contributed by atoms with Crippen LogP contribution >= 0.6 is 11.6 Å². The van der Waals surface area contributed by atoms with Crippen LogP contribution < -0.4 is 15.5 Å². The van der Waals surface area contributed by atoms with Crippen molar-refractivity contribution in [1.82, 2.24) is 15.3 Å². The van der Waals surface area contributed by atoms with Crippen molar-refractivity contribution < 1.29 is 9.53 Å². The first-order valence-corrected chi connectivity index (χ1v) is 8.91. The zero-order chi connectivity index (χ0) is 18.4. The third-order valence-corrected chi connectivity index (χ3v) is 4.53. The SMILES string of the molecule is COCC(=O)NC1CCN(c2nccc(Nc3ccccc3Cl)n2)CC1. The number of aromatic nitrogens is 2. The van der Waals surface area contributed by atoms with Gasteiger partial charge in [0.05, 0.1) is 10.7 Å². The first-order chi connectivity index (χ1) is 12.7. The molecule has 1 aliphatic rings. The highest BCUT2D eigenvalue weighted by molar-refractivity contribution is 6.33. The standard InChI is InChI=1S/C18H22ClN5O2/c1-26-12-17(25)21-13-7-10-24(11-8-13)18-20-9-6-16(23-18)22-15-5-3-2-4-14(15)19/h2-6,9,13H,7-8,10-12H2,1H3,(H,21,25)(H,20,22,23). The van der Waals surface area contributed by atoms with E-state index in [2.05, 4.69) is 25.5 Å². The summed E-state index contributed by atoms with van der Waals surface area (Å²) in [5.74, 6) is 1.29. The Morgan fingerprint density at radius 2 is 2.08 bits per heavy atom. The van der Waals surface area contributed by atoms with Gasteiger partial charge in [0.2, 0.25) is 11.9 Å². The summed E-state index contributed by atoms with van der Waals surface area (Å²) in [5.41, 5.74) is 0.804. The molecule has 2 heterocycles. The average Bonchev–Trinajstić information content (AvgIpc) is 2.65. The molecule has 0 aliphatic carbocycles. The summed E-state index contributed by atoms with van der Waals surface area (Å²) in [5, 5.41) is 6.84. The maximum Gasteiger partial charge on any atom is 0.246 e. The minimum Gasteiger partial charge on any atom is -0.375 e. The Balaban J connectivity index is 1.59. The summed E-state index contributed by atoms with van der Waals surface area (Å²) in [7, 11) is 1.52. The Labute approximate surface area is 157 Å². The lowest BCUT2D eigenvalue weighted by Crippen LogP contribution is -2.46. The fraction of sp³-hybridized carbons (Fsp3) is 0.389. The quantitative estimate of drug-likeness (QED) is 0.808. The Hall–Kier alpha value is -2.38. The lowest BCUT2D eigenvalue weighted by molar-refractivity contribution is -0.125. The highest BCUT2D eigenvalue weighted by Gasteiger charge is 2.22. The van der Waals surface area contributed by atoms with E-state index in [-0.39, 0.29) is 18.6 Å². The molecule has 2 N–H and O–H groups in total. The number of methoxy groups -OCH3 is 1. The number of piperidine rings is 1. The molecule has 1 fully saturated rings. The van der Waals surface area contributed by atoms with Gasteiger partial charge in [0.15, 0.2) is 0 Å². The van der Waals surface area contributed by atoms with Crippen molar-refractivity contribution in [2.24, 2.45) is 0 Å². The summed E-state index contributed by atoms with van der Waals surface area (Å²) in [6.45, 7) is 1.67. The molecule has 1 aromatic carbocycles. The van der Waals surface area contributed by atoms with Gasteiger partial charge >= 0.3 is 0 Å². The molecule has 1 saturated heterocycles. The van der Waals surface area contributed by atoms with Crippen LogP contribution in [-0.4, -0.2) is 48.7 Å². The number of rotatable bonds is 6. The third kappa shape index (κ3) is 4.83. The van der Waals surface area contributed by atoms with Crippen LogP contribution in [0.15, 0.2) is 36.5 Å². The second kappa shape index (κ2) is 8.82. The van der Waals surface area contributed by atoms with E-state index >= 15 is 0 Å². The molecular weight excluding hydrogens is 354 g/mol. The number of carbonyl (C=O) groups excluding carboxylic acids is 1. The molecular formula is C18H22ClN5O2. The van der Waals surface area contributed by atoms with Gasteiger partial charge in [-0.2, -0.15) is 4.98 Å². The minimum absolute atomic E-state index is 0.0758. The van der Waals surface area contributed by atoms with Crippen molar-refractivity contribution in [2.45, 2.75) is 18.9 Å². The monoisotopic (exact) mass is 375 g/mol. The van der Waals surface area contributed by atoms with Gasteiger partial charge < -0.3 is 20.3 Å². The van der Waals surface area contributed by atoms with E-state index < -0.39 is 0 Å². The molecule has 0 radical (unpaired) electrons. The zero-order valence-electron chi connectivity index (χ0n) is 14.6. The van der Waals surface area contributed by atoms with Gasteiger partial charge in [0, 0.05) is 32.4 Å². The molecule has 26 heavy (non-hydrogen) atoms. The highest BCUT2D eigenvalue weighted by Crippen LogP contribution is 2.25. The van der Waals surface area contributed by atoms with Gasteiger partial charge in [-0.3, -0.25) is 4.79 Å². The molecule has 0 saturated carbocycles. The number of para-hydroxylation sites is 1. The van der Waals surface area contributed by atoms with E-state index in [1.807, 2.05) is 30.3 Å². The maximum absolute atomic E-state index is 11.6. The van der Waals surface area contributed by atoms with E-state index in [0.29, 0.717) is 16.8 Å². The van der Waals surface area contributed by atoms with Crippen LogP contribution in [0.4, 0.5) is 17.5 Å². The van der Waals surface area contributed by atoms with Gasteiger partial charge in [-0.25, -0.2) is 4.98 Å². The third-order valence-electron chi connectivity index (χ3n) is 4.20. The van der Waals surface area contributed by atoms with Crippen LogP contribution in [0.1, 0.15) is 12.8 Å². The molecule has 0 unspecified atom stereocenters. The van der Waals surface area contributed by atoms with Crippen molar-refractivity contribution in [3.8, 4) is 0 Å². The summed E-state index contributed by atoms with van der Waals surface area (Å²) in [6, 6.07) is 9.50. The first-order valence-electron chi connectivity index (χ1n) is 8.53. The van der Waals surface area contributed by atoms with Gasteiger partial charge in [-0.1, -0.05) is 23.7 Å². The van der Waals surface area contributed by atoms with Crippen molar-refractivity contribution >= 4 is 35.0 Å². The number of nitrogens with one attached hydrogen (secondary N) is 2. The van der Waals surface area contributed by atoms with Crippen LogP contribution in [0.3, 0.4) is 0 Å². The number of ether oxygens (including phenoxy) is 1. The van der Waals surface area contributed by atoms with E-state index in [4.69, 9.17) is 16.3 Å². The van der Waals surface area contributed by atoms with Gasteiger partial charge in [0.25, 0.3) is 0 Å². The minimum atomic E-state index is -0.0758. The number of hydrogen-bond acceptors (Lipinski definition) is 6. The number of hydrogen-bond donors (Lipinski definition) is 2. The van der Waals surface area contributed by atoms with E-state index in [9.17, 15) is 4.79 Å². The Morgan fingerprint density at radius 1 is 1.31 bits per heavy atom. The second-order valence-corrected chi connectivity index (χ2v) is 6.52. The van der Waals surface area contributed by atoms with Crippen LogP contribution in [0.25, 0.3) is 0 Å². The number of amides is 1. The molecule has 7 nitrogen and oxygen atoms in total. The molecule has 1 aromatic heterocycles. The average molecular weight is 376 g/mol. The number of carbonyl (C=O) groups is 1. The van der Waals surface area contributed by atoms with Gasteiger partial charge in [0.1, 0.15) is 12.4 Å². The highest BCUT2D eigenvalue weighted by atomic mass is 35.5. The summed E-state index contributed by atoms with van der Waals surface area (Å²) >= 11 is 6.18. The van der Waals surface area contributed by atoms with E-state index in [1.54, 1.807) is 6.20 Å². The van der Waals surface area contributed by atoms with Crippen molar-refractivity contribution in [1.29, 1.82) is 0 Å². The molecule has 1 aliphatic heterocycles. The van der Waals surface area contributed by atoms with E-state index in [1.165, 1.54) is 7.11 Å². The smallest absolute Gasteiger partial charge is 0.246 e. The lowest BCUT2D eigenvalue weighted by Gasteiger charge is -2.32. The molecule has 2 aromatic rings. The predicted octanol–water partition coefficient (Wildman–Crippen LogP) is 2.61. The summed E-state index contributed by atoms with van der Waals surface area (Å²) in [6.07, 6.45) is 3.43. The molecule has 138 valence electrons. The molecule has 0 atom stereocenters. The fourth-order valence-corrected chi connectivity index (χ4v) is 3.08. The van der Waals surface area contributed by atoms with Crippen molar-refractivity contribution in [2.75, 3.05) is 37.0 Å². The van der Waals surface area contributed by atoms with E-state index in [0.717, 1.165) is 31.6 Å². The largest absolute Gasteiger partial charge is 0.375 e. The molecule has 0 spiro atoms. The van der Waals surface area contributed by atoms with Gasteiger partial charge in [-0.15, -0.1) is 0 Å². The summed E-state index contributed by atoms with van der Waals surface area (Å²) < 4.78 is 4.85. The number of halogens is 1. The molecule has 0 bridgehead atoms. The van der Waals surface area contributed by atoms with Gasteiger partial charge in [-0.05, 0) is 31.0 Å². The normalized spacial score (nSPS) is 14.9. The number of nitrogens with zero attached hydrogens (tertiary/aromatic N) is 3. The van der Waals surface area contributed by atoms with Crippen LogP contribution in [0, 0.1) is 0 Å². The Morgan fingerprint density at radius 3 is 2.81 bits per heavy atom. The molecule has 1 amide bonds. The molecule has 3 rings (SSSR count). The van der Waals surface area contributed by atoms with Crippen LogP contribution in [0.5, 0.6) is 0 Å². The first kappa shape index (κ1) is 18.4. The maximum atomic E-state index is 11.6. The Kier molecular flexibility index (Phi) is 6.25. The number of anilines is 3.